The largest absolute Gasteiger partial charge is 0.497 e. The first-order valence-corrected chi connectivity index (χ1v) is 35.4. The molecule has 0 saturated carbocycles. The van der Waals surface area contributed by atoms with Gasteiger partial charge in [-0.25, -0.2) is 36.5 Å². The van der Waals surface area contributed by atoms with Gasteiger partial charge in [0.15, 0.2) is 54.7 Å². The van der Waals surface area contributed by atoms with Gasteiger partial charge in [-0.15, -0.1) is 0 Å². The number of carbonyl (C=O) groups excluding carboxylic acids is 2. The summed E-state index contributed by atoms with van der Waals surface area (Å²) in [6, 6.07) is 42.6. The molecular formula is C66H72N11O13PSSi. The fraction of sp³-hybridized carbons (Fsp3) is 0.348. The SMILES string of the molecule is [C-]#[N+]CCOP(=S)(OC[C@H]1O[C@@H](n2cnc3c(NC(=O)c4ccccc4)ncnc32)[C@@H](OC)C1O[Si](C)(C)C(C)(C)C)OC1[C@@H](COC(c2ccccc2)(c2ccc(OC)cc2)c2ccc(OC)cc2)O[C@@H](n2cnc3c(NC(=O)c4ccccc4)ncnc32)[C@H]1OC. The predicted molar refractivity (Wildman–Crippen MR) is 352 cm³/mol. The van der Waals surface area contributed by atoms with E-state index in [2.05, 4.69) is 74.3 Å². The lowest BCUT2D eigenvalue weighted by molar-refractivity contribution is -0.0946. The molecule has 484 valence electrons. The van der Waals surface area contributed by atoms with Gasteiger partial charge in [-0.3, -0.25) is 23.2 Å². The monoisotopic (exact) mass is 1320 g/mol. The second-order valence-corrected chi connectivity index (χ2v) is 31.2. The second-order valence-electron chi connectivity index (χ2n) is 23.4. The third kappa shape index (κ3) is 13.9. The first-order chi connectivity index (χ1) is 44.9. The number of hydrogen-bond donors (Lipinski definition) is 2. The van der Waals surface area contributed by atoms with Gasteiger partial charge >= 0.3 is 6.72 Å². The standard InChI is InChI=1S/C66H72N11O13PSSi/c1-65(2,3)93(9,10)90-54-50(88-64(56(54)83-8)77-41-73-52-58(69-39-71-60(52)77)75-62(79)43-22-16-12-17-23-43)37-86-91(92,85-35-34-67-4)89-53-49(87-63(55(53)82-7)76-40-72-51-57(68-38-70-59(51)76)74-61(78)42-20-14-11-15-21-42)36-84-66(44-24-18-13-19-25-44,45-26-30-47(80-5)31-27-45)46-28-32-48(81-6)33-29-46/h11-33,38-41,49-50,53-56,63-64H,34-37H2,1-3,5-10H3,(H,68,70,74,78)(H,69,71,75,79)/t49-,50-,53?,54?,55+,56+,63-,64-,91?/m1/s1. The van der Waals surface area contributed by atoms with Gasteiger partial charge < -0.3 is 62.1 Å². The van der Waals surface area contributed by atoms with Crippen LogP contribution in [0, 0.1) is 6.57 Å². The second kappa shape index (κ2) is 28.5. The average Bonchev–Trinajstić information content (AvgIpc) is 1.76. The molecule has 3 unspecified atom stereocenters. The number of carbonyl (C=O) groups is 2. The maximum absolute atomic E-state index is 13.6. The highest BCUT2D eigenvalue weighted by molar-refractivity contribution is 8.07. The van der Waals surface area contributed by atoms with Gasteiger partial charge in [0, 0.05) is 25.3 Å². The van der Waals surface area contributed by atoms with E-state index < -0.39 is 75.6 Å². The first-order valence-electron chi connectivity index (χ1n) is 29.9. The Bertz CT molecular complexity index is 4080. The van der Waals surface area contributed by atoms with Crippen molar-refractivity contribution >= 4 is 72.6 Å². The summed E-state index contributed by atoms with van der Waals surface area (Å²) in [5, 5.41) is 5.50. The Balaban J connectivity index is 0.974. The van der Waals surface area contributed by atoms with E-state index in [1.807, 2.05) is 91.0 Å². The van der Waals surface area contributed by atoms with E-state index in [0.29, 0.717) is 39.4 Å². The minimum absolute atomic E-state index is 0.0868. The third-order valence-electron chi connectivity index (χ3n) is 16.9. The number of rotatable bonds is 26. The number of nitrogens with one attached hydrogen (secondary N) is 2. The van der Waals surface area contributed by atoms with Crippen LogP contribution in [0.4, 0.5) is 11.6 Å². The number of nitrogens with zero attached hydrogens (tertiary/aromatic N) is 9. The van der Waals surface area contributed by atoms with Gasteiger partial charge in [-0.1, -0.05) is 112 Å². The molecule has 0 radical (unpaired) electrons. The van der Waals surface area contributed by atoms with Crippen LogP contribution in [0.2, 0.25) is 18.1 Å². The highest BCUT2D eigenvalue weighted by Crippen LogP contribution is 2.56. The van der Waals surface area contributed by atoms with Crippen molar-refractivity contribution in [1.82, 2.24) is 39.0 Å². The van der Waals surface area contributed by atoms with E-state index in [1.165, 1.54) is 26.1 Å². The van der Waals surface area contributed by atoms with E-state index in [4.69, 9.17) is 74.5 Å². The molecule has 9 atom stereocenters. The molecule has 4 aromatic heterocycles. The fourth-order valence-corrected chi connectivity index (χ4v) is 14.5. The molecule has 2 aliphatic heterocycles. The molecule has 5 aromatic carbocycles. The third-order valence-corrected chi connectivity index (χ3v) is 23.7. The van der Waals surface area contributed by atoms with Gasteiger partial charge in [0.25, 0.3) is 11.8 Å². The zero-order valence-electron chi connectivity index (χ0n) is 52.7. The topological polar surface area (TPSA) is 251 Å². The van der Waals surface area contributed by atoms with Gasteiger partial charge in [0.05, 0.1) is 40.1 Å². The Morgan fingerprint density at radius 3 is 1.51 bits per heavy atom. The Hall–Kier alpha value is -8.26. The van der Waals surface area contributed by atoms with Gasteiger partial charge in [-0.2, -0.15) is 0 Å². The summed E-state index contributed by atoms with van der Waals surface area (Å²) in [7, 11) is 3.63. The van der Waals surface area contributed by atoms with E-state index in [-0.39, 0.29) is 54.5 Å². The van der Waals surface area contributed by atoms with Crippen LogP contribution in [0.5, 0.6) is 11.5 Å². The molecule has 27 heteroatoms. The van der Waals surface area contributed by atoms with Crippen molar-refractivity contribution < 1.29 is 60.7 Å². The summed E-state index contributed by atoms with van der Waals surface area (Å²) in [6.07, 6.45) is -2.06. The smallest absolute Gasteiger partial charge is 0.327 e. The lowest BCUT2D eigenvalue weighted by atomic mass is 9.80. The molecule has 9 aromatic rings. The molecule has 24 nitrogen and oxygen atoms in total. The van der Waals surface area contributed by atoms with E-state index in [1.54, 1.807) is 85.3 Å². The average molecular weight is 1320 g/mol. The zero-order valence-corrected chi connectivity index (χ0v) is 55.4. The lowest BCUT2D eigenvalue weighted by Gasteiger charge is -2.40. The van der Waals surface area contributed by atoms with Gasteiger partial charge in [-0.05, 0) is 95.2 Å². The molecular weight excluding hydrogens is 1250 g/mol. The number of methoxy groups -OCH3 is 4. The fourth-order valence-electron chi connectivity index (χ4n) is 11.1. The number of imidazole rings is 2. The number of amides is 2. The van der Waals surface area contributed by atoms with E-state index >= 15 is 0 Å². The first kappa shape index (κ1) is 66.2. The summed E-state index contributed by atoms with van der Waals surface area (Å²) < 4.78 is 77.2. The number of aromatic nitrogens is 8. The van der Waals surface area contributed by atoms with Crippen LogP contribution in [0.3, 0.4) is 0 Å². The molecule has 11 rings (SSSR count). The van der Waals surface area contributed by atoms with Crippen LogP contribution >= 0.6 is 6.72 Å². The predicted octanol–water partition coefficient (Wildman–Crippen LogP) is 11.0. The molecule has 2 aliphatic rings. The van der Waals surface area contributed by atoms with Crippen LogP contribution in [-0.2, 0) is 59.1 Å². The number of fused-ring (bicyclic) bond motifs is 2. The maximum Gasteiger partial charge on any atom is 0.327 e. The summed E-state index contributed by atoms with van der Waals surface area (Å²) in [6.45, 7) is 13.6. The maximum atomic E-state index is 13.6. The van der Waals surface area contributed by atoms with Crippen molar-refractivity contribution in [1.29, 1.82) is 0 Å². The van der Waals surface area contributed by atoms with E-state index in [0.717, 1.165) is 16.7 Å². The number of hydrogen-bond acceptors (Lipinski definition) is 20. The van der Waals surface area contributed by atoms with Crippen molar-refractivity contribution in [2.75, 3.05) is 65.4 Å². The van der Waals surface area contributed by atoms with Crippen LogP contribution in [0.15, 0.2) is 165 Å². The van der Waals surface area contributed by atoms with Crippen LogP contribution in [0.25, 0.3) is 27.2 Å². The quantitative estimate of drug-likeness (QED) is 0.0168. The number of anilines is 2. The summed E-state index contributed by atoms with van der Waals surface area (Å²) in [5.74, 6) is 0.840. The van der Waals surface area contributed by atoms with Crippen LogP contribution < -0.4 is 20.1 Å². The zero-order chi connectivity index (χ0) is 65.5. The normalized spacial score (nSPS) is 20.7. The molecule has 2 amide bonds. The summed E-state index contributed by atoms with van der Waals surface area (Å²) in [4.78, 5) is 58.1. The Kier molecular flexibility index (Phi) is 20.3. The number of benzene rings is 5. The molecule has 0 bridgehead atoms. The molecule has 2 saturated heterocycles. The molecule has 6 heterocycles. The summed E-state index contributed by atoms with van der Waals surface area (Å²) >= 11 is 6.51. The van der Waals surface area contributed by atoms with Gasteiger partial charge in [0.2, 0.25) is 6.54 Å². The van der Waals surface area contributed by atoms with Crippen molar-refractivity contribution in [3.8, 4) is 11.5 Å². The van der Waals surface area contributed by atoms with Crippen LogP contribution in [-0.4, -0.2) is 151 Å². The highest BCUT2D eigenvalue weighted by Gasteiger charge is 2.55. The number of ether oxygens (including phenoxy) is 7. The highest BCUT2D eigenvalue weighted by atomic mass is 32.5. The van der Waals surface area contributed by atoms with Crippen molar-refractivity contribution in [2.45, 2.75) is 93.6 Å². The Morgan fingerprint density at radius 1 is 0.602 bits per heavy atom. The lowest BCUT2D eigenvalue weighted by Crippen LogP contribution is -2.50. The molecule has 2 fully saturated rings. The minimum atomic E-state index is -4.10. The van der Waals surface area contributed by atoms with E-state index in [9.17, 15) is 9.59 Å². The summed E-state index contributed by atoms with van der Waals surface area (Å²) in [5.41, 5.74) is 2.99. The van der Waals surface area contributed by atoms with Crippen LogP contribution in [0.1, 0.15) is 70.6 Å². The van der Waals surface area contributed by atoms with Gasteiger partial charge in [0.1, 0.15) is 73.0 Å². The molecule has 93 heavy (non-hydrogen) atoms. The Labute approximate surface area is 544 Å². The molecule has 0 spiro atoms. The van der Waals surface area contributed by atoms with Crippen molar-refractivity contribution in [3.63, 3.8) is 0 Å². The van der Waals surface area contributed by atoms with Crippen molar-refractivity contribution in [3.05, 3.63) is 204 Å². The minimum Gasteiger partial charge on any atom is -0.497 e. The molecule has 0 aliphatic carbocycles. The van der Waals surface area contributed by atoms with Crippen molar-refractivity contribution in [2.24, 2.45) is 0 Å². The molecule has 2 N–H and O–H groups in total. The Morgan fingerprint density at radius 2 is 1.05 bits per heavy atom.